The fraction of sp³-hybridized carbons (Fsp3) is 1.00. The molecule has 4 heteroatoms. The highest BCUT2D eigenvalue weighted by molar-refractivity contribution is 4.81. The average Bonchev–Trinajstić information content (AvgIpc) is 2.82. The maximum absolute atomic E-state index is 5.93. The molecule has 2 fully saturated rings. The molecule has 0 bridgehead atoms. The molecule has 2 saturated heterocycles. The third-order valence-electron chi connectivity index (χ3n) is 4.68. The summed E-state index contributed by atoms with van der Waals surface area (Å²) in [5, 5.41) is 0. The van der Waals surface area contributed by atoms with Gasteiger partial charge in [-0.1, -0.05) is 6.92 Å². The van der Waals surface area contributed by atoms with Gasteiger partial charge < -0.3 is 10.5 Å². The van der Waals surface area contributed by atoms with E-state index >= 15 is 0 Å². The van der Waals surface area contributed by atoms with Crippen LogP contribution in [0.5, 0.6) is 0 Å². The topological polar surface area (TPSA) is 41.7 Å². The standard InChI is InChI=1S/C15H31N3O/c1-3-14(6-7-16)18-10-8-17(9-11-18)12-15-5-4-13(2)19-15/h13-15H,3-12,16H2,1-2H3. The van der Waals surface area contributed by atoms with Gasteiger partial charge in [0.2, 0.25) is 0 Å². The molecule has 2 rings (SSSR count). The highest BCUT2D eigenvalue weighted by Gasteiger charge is 2.27. The first kappa shape index (κ1) is 15.2. The number of hydrogen-bond acceptors (Lipinski definition) is 4. The van der Waals surface area contributed by atoms with Crippen molar-refractivity contribution in [2.24, 2.45) is 5.73 Å². The van der Waals surface area contributed by atoms with Crippen LogP contribution in [0.1, 0.15) is 39.5 Å². The Kier molecular flexibility index (Phi) is 6.07. The molecule has 3 unspecified atom stereocenters. The number of nitrogens with zero attached hydrogens (tertiary/aromatic N) is 2. The fourth-order valence-electron chi connectivity index (χ4n) is 3.46. The van der Waals surface area contributed by atoms with Crippen molar-refractivity contribution in [3.8, 4) is 0 Å². The maximum Gasteiger partial charge on any atom is 0.0706 e. The Morgan fingerprint density at radius 3 is 2.47 bits per heavy atom. The molecule has 0 aromatic heterocycles. The van der Waals surface area contributed by atoms with Gasteiger partial charge in [-0.2, -0.15) is 0 Å². The SMILES string of the molecule is CCC(CCN)N1CCN(CC2CCC(C)O2)CC1. The van der Waals surface area contributed by atoms with Crippen LogP contribution in [0.2, 0.25) is 0 Å². The highest BCUT2D eigenvalue weighted by atomic mass is 16.5. The number of ether oxygens (including phenoxy) is 1. The van der Waals surface area contributed by atoms with Crippen LogP contribution in [0.25, 0.3) is 0 Å². The van der Waals surface area contributed by atoms with E-state index in [2.05, 4.69) is 23.6 Å². The summed E-state index contributed by atoms with van der Waals surface area (Å²) in [5.74, 6) is 0. The molecule has 19 heavy (non-hydrogen) atoms. The summed E-state index contributed by atoms with van der Waals surface area (Å²) in [6, 6.07) is 0.690. The lowest BCUT2D eigenvalue weighted by atomic mass is 10.1. The van der Waals surface area contributed by atoms with Crippen LogP contribution >= 0.6 is 0 Å². The molecular formula is C15H31N3O. The van der Waals surface area contributed by atoms with Crippen LogP contribution in [0.15, 0.2) is 0 Å². The molecule has 0 spiro atoms. The number of hydrogen-bond donors (Lipinski definition) is 1. The van der Waals surface area contributed by atoms with Crippen molar-refractivity contribution in [3.63, 3.8) is 0 Å². The summed E-state index contributed by atoms with van der Waals surface area (Å²) in [6.45, 7) is 11.2. The molecule has 3 atom stereocenters. The van der Waals surface area contributed by atoms with Gasteiger partial charge in [-0.15, -0.1) is 0 Å². The van der Waals surface area contributed by atoms with Gasteiger partial charge in [0.15, 0.2) is 0 Å². The summed E-state index contributed by atoms with van der Waals surface area (Å²) in [7, 11) is 0. The van der Waals surface area contributed by atoms with Crippen molar-refractivity contribution in [1.29, 1.82) is 0 Å². The molecule has 0 aromatic rings. The van der Waals surface area contributed by atoms with Crippen LogP contribution in [0.3, 0.4) is 0 Å². The summed E-state index contributed by atoms with van der Waals surface area (Å²) in [5.41, 5.74) is 5.71. The van der Waals surface area contributed by atoms with Gasteiger partial charge in [-0.05, 0) is 39.2 Å². The number of rotatable bonds is 6. The lowest BCUT2D eigenvalue weighted by molar-refractivity contribution is 0.0134. The molecule has 0 aliphatic carbocycles. The van der Waals surface area contributed by atoms with E-state index in [0.29, 0.717) is 18.2 Å². The first-order valence-electron chi connectivity index (χ1n) is 8.04. The van der Waals surface area contributed by atoms with Crippen molar-refractivity contribution < 1.29 is 4.74 Å². The van der Waals surface area contributed by atoms with E-state index in [9.17, 15) is 0 Å². The summed E-state index contributed by atoms with van der Waals surface area (Å²) < 4.78 is 5.93. The maximum atomic E-state index is 5.93. The average molecular weight is 269 g/mol. The molecule has 0 aromatic carbocycles. The number of nitrogens with two attached hydrogens (primary N) is 1. The Labute approximate surface area is 118 Å². The minimum absolute atomic E-state index is 0.473. The van der Waals surface area contributed by atoms with Crippen LogP contribution in [0, 0.1) is 0 Å². The van der Waals surface area contributed by atoms with Gasteiger partial charge in [0.1, 0.15) is 0 Å². The van der Waals surface area contributed by atoms with E-state index in [-0.39, 0.29) is 0 Å². The second-order valence-corrected chi connectivity index (χ2v) is 6.12. The fourth-order valence-corrected chi connectivity index (χ4v) is 3.46. The summed E-state index contributed by atoms with van der Waals surface area (Å²) in [4.78, 5) is 5.20. The molecule has 2 aliphatic heterocycles. The molecular weight excluding hydrogens is 238 g/mol. The molecule has 112 valence electrons. The largest absolute Gasteiger partial charge is 0.374 e. The van der Waals surface area contributed by atoms with E-state index in [1.807, 2.05) is 0 Å². The van der Waals surface area contributed by atoms with Gasteiger partial charge in [0.25, 0.3) is 0 Å². The quantitative estimate of drug-likeness (QED) is 0.789. The summed E-state index contributed by atoms with van der Waals surface area (Å²) >= 11 is 0. The molecule has 0 radical (unpaired) electrons. The van der Waals surface area contributed by atoms with Crippen molar-refractivity contribution in [1.82, 2.24) is 9.80 Å². The smallest absolute Gasteiger partial charge is 0.0706 e. The van der Waals surface area contributed by atoms with Crippen LogP contribution < -0.4 is 5.73 Å². The van der Waals surface area contributed by atoms with Gasteiger partial charge in [0, 0.05) is 38.8 Å². The first-order valence-corrected chi connectivity index (χ1v) is 8.04. The summed E-state index contributed by atoms with van der Waals surface area (Å²) in [6.07, 6.45) is 5.79. The van der Waals surface area contributed by atoms with Crippen molar-refractivity contribution in [2.45, 2.75) is 57.8 Å². The van der Waals surface area contributed by atoms with Gasteiger partial charge in [0.05, 0.1) is 12.2 Å². The van der Waals surface area contributed by atoms with Gasteiger partial charge in [-0.3, -0.25) is 9.80 Å². The number of piperazine rings is 1. The molecule has 4 nitrogen and oxygen atoms in total. The lowest BCUT2D eigenvalue weighted by Gasteiger charge is -2.39. The molecule has 2 aliphatic rings. The lowest BCUT2D eigenvalue weighted by Crippen LogP contribution is -2.52. The third-order valence-corrected chi connectivity index (χ3v) is 4.68. The Bertz CT molecular complexity index is 254. The minimum atomic E-state index is 0.473. The second-order valence-electron chi connectivity index (χ2n) is 6.12. The molecule has 2 heterocycles. The Morgan fingerprint density at radius 1 is 1.21 bits per heavy atom. The molecule has 0 saturated carbocycles. The Hall–Kier alpha value is -0.160. The van der Waals surface area contributed by atoms with Crippen molar-refractivity contribution >= 4 is 0 Å². The normalized spacial score (nSPS) is 31.7. The molecule has 0 amide bonds. The van der Waals surface area contributed by atoms with E-state index < -0.39 is 0 Å². The second kappa shape index (κ2) is 7.58. The monoisotopic (exact) mass is 269 g/mol. The zero-order valence-electron chi connectivity index (χ0n) is 12.7. The zero-order chi connectivity index (χ0) is 13.7. The predicted molar refractivity (Wildman–Crippen MR) is 79.3 cm³/mol. The van der Waals surface area contributed by atoms with E-state index in [0.717, 1.165) is 19.5 Å². The van der Waals surface area contributed by atoms with Crippen LogP contribution in [-0.4, -0.2) is 67.3 Å². The Balaban J connectivity index is 1.69. The Morgan fingerprint density at radius 2 is 1.95 bits per heavy atom. The first-order chi connectivity index (χ1) is 9.22. The zero-order valence-corrected chi connectivity index (χ0v) is 12.7. The van der Waals surface area contributed by atoms with E-state index in [4.69, 9.17) is 10.5 Å². The van der Waals surface area contributed by atoms with E-state index in [1.165, 1.54) is 45.4 Å². The van der Waals surface area contributed by atoms with Gasteiger partial charge in [-0.25, -0.2) is 0 Å². The van der Waals surface area contributed by atoms with Gasteiger partial charge >= 0.3 is 0 Å². The van der Waals surface area contributed by atoms with Crippen LogP contribution in [0.4, 0.5) is 0 Å². The van der Waals surface area contributed by atoms with Crippen LogP contribution in [-0.2, 0) is 4.74 Å². The van der Waals surface area contributed by atoms with Crippen molar-refractivity contribution in [3.05, 3.63) is 0 Å². The minimum Gasteiger partial charge on any atom is -0.374 e. The highest BCUT2D eigenvalue weighted by Crippen LogP contribution is 2.21. The third kappa shape index (κ3) is 4.42. The predicted octanol–water partition coefficient (Wildman–Crippen LogP) is 1.30. The van der Waals surface area contributed by atoms with Crippen molar-refractivity contribution in [2.75, 3.05) is 39.3 Å². The van der Waals surface area contributed by atoms with E-state index in [1.54, 1.807) is 0 Å². The molecule has 2 N–H and O–H groups in total.